The number of nitrogens with zero attached hydrogens (tertiary/aromatic N) is 1. The maximum absolute atomic E-state index is 11.1. The molecule has 1 aromatic heterocycles. The first-order valence-electron chi connectivity index (χ1n) is 5.84. The molecule has 0 radical (unpaired) electrons. The van der Waals surface area contributed by atoms with E-state index in [-0.39, 0.29) is 12.4 Å². The lowest BCUT2D eigenvalue weighted by Gasteiger charge is -2.01. The van der Waals surface area contributed by atoms with Gasteiger partial charge in [-0.2, -0.15) is 0 Å². The molecular weight excluding hydrogens is 262 g/mol. The number of esters is 1. The van der Waals surface area contributed by atoms with Crippen molar-refractivity contribution in [3.8, 4) is 5.75 Å². The first-order valence-corrected chi connectivity index (χ1v) is 6.72. The van der Waals surface area contributed by atoms with Gasteiger partial charge in [0.15, 0.2) is 0 Å². The van der Waals surface area contributed by atoms with Gasteiger partial charge in [0.05, 0.1) is 31.3 Å². The van der Waals surface area contributed by atoms with Crippen molar-refractivity contribution in [1.82, 2.24) is 4.98 Å². The minimum Gasteiger partial charge on any atom is -0.497 e. The zero-order valence-electron chi connectivity index (χ0n) is 10.9. The highest BCUT2D eigenvalue weighted by molar-refractivity contribution is 7.09. The Balaban J connectivity index is 2.00. The van der Waals surface area contributed by atoms with Gasteiger partial charge < -0.3 is 9.47 Å². The summed E-state index contributed by atoms with van der Waals surface area (Å²) in [6, 6.07) is 7.89. The topological polar surface area (TPSA) is 48.4 Å². The molecule has 4 nitrogen and oxygen atoms in total. The number of aromatic nitrogens is 1. The number of hydrogen-bond acceptors (Lipinski definition) is 5. The largest absolute Gasteiger partial charge is 0.497 e. The number of rotatable bonds is 5. The number of carbonyl (C=O) groups is 1. The third-order valence-corrected chi connectivity index (χ3v) is 3.56. The normalized spacial score (nSPS) is 10.2. The Morgan fingerprint density at radius 2 is 2.00 bits per heavy atom. The lowest BCUT2D eigenvalue weighted by atomic mass is 10.1. The average Bonchev–Trinajstić information content (AvgIpc) is 2.86. The van der Waals surface area contributed by atoms with E-state index in [9.17, 15) is 4.79 Å². The number of methoxy groups -OCH3 is 2. The summed E-state index contributed by atoms with van der Waals surface area (Å²) in [7, 11) is 3.03. The van der Waals surface area contributed by atoms with Gasteiger partial charge >= 0.3 is 5.97 Å². The summed E-state index contributed by atoms with van der Waals surface area (Å²) < 4.78 is 9.73. The zero-order valence-corrected chi connectivity index (χ0v) is 11.7. The maximum atomic E-state index is 11.1. The molecule has 2 rings (SSSR count). The Morgan fingerprint density at radius 3 is 2.63 bits per heavy atom. The molecule has 0 atom stereocenters. The Morgan fingerprint density at radius 1 is 1.26 bits per heavy atom. The second-order valence-corrected chi connectivity index (χ2v) is 4.95. The summed E-state index contributed by atoms with van der Waals surface area (Å²) in [5.41, 5.74) is 1.93. The molecule has 1 aromatic carbocycles. The van der Waals surface area contributed by atoms with E-state index in [1.54, 1.807) is 18.4 Å². The third kappa shape index (κ3) is 3.79. The van der Waals surface area contributed by atoms with E-state index in [4.69, 9.17) is 4.74 Å². The standard InChI is InChI=1S/C14H15NO3S/c1-17-12-5-3-10(4-6-12)7-13-15-11(9-19-13)8-14(16)18-2/h3-6,9H,7-8H2,1-2H3. The van der Waals surface area contributed by atoms with Gasteiger partial charge in [0.25, 0.3) is 0 Å². The summed E-state index contributed by atoms with van der Waals surface area (Å²) in [6.07, 6.45) is 0.992. The molecule has 0 saturated carbocycles. The smallest absolute Gasteiger partial charge is 0.311 e. The lowest BCUT2D eigenvalue weighted by molar-refractivity contribution is -0.139. The summed E-state index contributed by atoms with van der Waals surface area (Å²) in [5, 5.41) is 2.89. The molecule has 0 fully saturated rings. The number of thiazole rings is 1. The molecule has 0 aliphatic rings. The molecule has 0 N–H and O–H groups in total. The number of carbonyl (C=O) groups excluding carboxylic acids is 1. The Hall–Kier alpha value is -1.88. The van der Waals surface area contributed by atoms with Gasteiger partial charge in [0.1, 0.15) is 5.75 Å². The van der Waals surface area contributed by atoms with E-state index in [0.717, 1.165) is 22.9 Å². The number of ether oxygens (including phenoxy) is 2. The van der Waals surface area contributed by atoms with E-state index >= 15 is 0 Å². The second-order valence-electron chi connectivity index (χ2n) is 4.01. The van der Waals surface area contributed by atoms with E-state index in [1.807, 2.05) is 29.6 Å². The van der Waals surface area contributed by atoms with Gasteiger partial charge in [-0.3, -0.25) is 4.79 Å². The first kappa shape index (κ1) is 13.5. The third-order valence-electron chi connectivity index (χ3n) is 2.67. The molecule has 0 amide bonds. The fraction of sp³-hybridized carbons (Fsp3) is 0.286. The highest BCUT2D eigenvalue weighted by atomic mass is 32.1. The predicted octanol–water partition coefficient (Wildman–Crippen LogP) is 2.46. The highest BCUT2D eigenvalue weighted by Crippen LogP contribution is 2.18. The van der Waals surface area contributed by atoms with Crippen LogP contribution in [0.1, 0.15) is 16.3 Å². The average molecular weight is 277 g/mol. The molecule has 0 aliphatic carbocycles. The molecule has 100 valence electrons. The van der Waals surface area contributed by atoms with Gasteiger partial charge in [-0.05, 0) is 17.7 Å². The van der Waals surface area contributed by atoms with E-state index in [2.05, 4.69) is 9.72 Å². The van der Waals surface area contributed by atoms with Gasteiger partial charge in [0, 0.05) is 11.8 Å². The van der Waals surface area contributed by atoms with Crippen LogP contribution in [0.5, 0.6) is 5.75 Å². The number of hydrogen-bond donors (Lipinski definition) is 0. The van der Waals surface area contributed by atoms with Crippen molar-refractivity contribution in [2.24, 2.45) is 0 Å². The van der Waals surface area contributed by atoms with Crippen LogP contribution in [0.15, 0.2) is 29.6 Å². The fourth-order valence-corrected chi connectivity index (χ4v) is 2.48. The van der Waals surface area contributed by atoms with Crippen LogP contribution in [0, 0.1) is 0 Å². The molecule has 0 aliphatic heterocycles. The van der Waals surface area contributed by atoms with Gasteiger partial charge in [-0.1, -0.05) is 12.1 Å². The van der Waals surface area contributed by atoms with Crippen LogP contribution in [-0.2, 0) is 22.4 Å². The van der Waals surface area contributed by atoms with E-state index in [1.165, 1.54) is 12.7 Å². The van der Waals surface area contributed by atoms with Gasteiger partial charge in [-0.15, -0.1) is 11.3 Å². The molecule has 19 heavy (non-hydrogen) atoms. The molecule has 2 aromatic rings. The van der Waals surface area contributed by atoms with Crippen LogP contribution in [0.25, 0.3) is 0 Å². The minimum atomic E-state index is -0.263. The second kappa shape index (κ2) is 6.33. The summed E-state index contributed by atoms with van der Waals surface area (Å²) in [6.45, 7) is 0. The molecule has 0 saturated heterocycles. The number of benzene rings is 1. The van der Waals surface area contributed by atoms with Crippen molar-refractivity contribution < 1.29 is 14.3 Å². The summed E-state index contributed by atoms with van der Waals surface area (Å²) >= 11 is 1.56. The Bertz CT molecular complexity index is 548. The van der Waals surface area contributed by atoms with Gasteiger partial charge in [0.2, 0.25) is 0 Å². The summed E-state index contributed by atoms with van der Waals surface area (Å²) in [4.78, 5) is 15.6. The van der Waals surface area contributed by atoms with Crippen molar-refractivity contribution in [3.63, 3.8) is 0 Å². The summed E-state index contributed by atoms with van der Waals surface area (Å²) in [5.74, 6) is 0.579. The molecule has 0 unspecified atom stereocenters. The highest BCUT2D eigenvalue weighted by Gasteiger charge is 2.08. The Labute approximate surface area is 116 Å². The zero-order chi connectivity index (χ0) is 13.7. The molecular formula is C14H15NO3S. The molecule has 0 bridgehead atoms. The quantitative estimate of drug-likeness (QED) is 0.788. The van der Waals surface area contributed by atoms with Crippen LogP contribution >= 0.6 is 11.3 Å². The van der Waals surface area contributed by atoms with Crippen LogP contribution in [0.4, 0.5) is 0 Å². The van der Waals surface area contributed by atoms with Crippen molar-refractivity contribution in [2.45, 2.75) is 12.8 Å². The maximum Gasteiger partial charge on any atom is 0.311 e. The Kier molecular flexibility index (Phi) is 4.52. The van der Waals surface area contributed by atoms with Crippen LogP contribution < -0.4 is 4.74 Å². The van der Waals surface area contributed by atoms with Crippen molar-refractivity contribution in [2.75, 3.05) is 14.2 Å². The molecule has 1 heterocycles. The van der Waals surface area contributed by atoms with Crippen LogP contribution in [0.3, 0.4) is 0 Å². The fourth-order valence-electron chi connectivity index (χ4n) is 1.65. The van der Waals surface area contributed by atoms with Gasteiger partial charge in [-0.25, -0.2) is 4.98 Å². The first-order chi connectivity index (χ1) is 9.21. The molecule has 0 spiro atoms. The van der Waals surface area contributed by atoms with Crippen molar-refractivity contribution in [3.05, 3.63) is 45.9 Å². The monoisotopic (exact) mass is 277 g/mol. The van der Waals surface area contributed by atoms with Crippen LogP contribution in [0.2, 0.25) is 0 Å². The minimum absolute atomic E-state index is 0.232. The van der Waals surface area contributed by atoms with Crippen molar-refractivity contribution >= 4 is 17.3 Å². The molecule has 5 heteroatoms. The van der Waals surface area contributed by atoms with E-state index < -0.39 is 0 Å². The lowest BCUT2D eigenvalue weighted by Crippen LogP contribution is -2.04. The van der Waals surface area contributed by atoms with E-state index in [0.29, 0.717) is 0 Å². The van der Waals surface area contributed by atoms with Crippen molar-refractivity contribution in [1.29, 1.82) is 0 Å². The predicted molar refractivity (Wildman–Crippen MR) is 73.6 cm³/mol. The SMILES string of the molecule is COC(=O)Cc1csc(Cc2ccc(OC)cc2)n1. The van der Waals surface area contributed by atoms with Crippen LogP contribution in [-0.4, -0.2) is 25.2 Å².